The Bertz CT molecular complexity index is 593. The fraction of sp³-hybridized carbons (Fsp3) is 0.562. The number of morpholine rings is 1. The van der Waals surface area contributed by atoms with Crippen LogP contribution >= 0.6 is 0 Å². The Kier molecular flexibility index (Phi) is 4.86. The molecule has 0 saturated carbocycles. The summed E-state index contributed by atoms with van der Waals surface area (Å²) >= 11 is 0. The molecule has 2 amide bonds. The highest BCUT2D eigenvalue weighted by Gasteiger charge is 2.44. The molecule has 2 atom stereocenters. The van der Waals surface area contributed by atoms with Crippen molar-refractivity contribution in [1.82, 2.24) is 4.90 Å². The van der Waals surface area contributed by atoms with Gasteiger partial charge in [-0.2, -0.15) is 8.78 Å². The molecule has 0 unspecified atom stereocenters. The molecule has 6 nitrogen and oxygen atoms in total. The van der Waals surface area contributed by atoms with E-state index >= 15 is 0 Å². The van der Waals surface area contributed by atoms with Crippen LogP contribution in [0.1, 0.15) is 13.3 Å². The van der Waals surface area contributed by atoms with Crippen molar-refractivity contribution < 1.29 is 27.8 Å². The Morgan fingerprint density at radius 2 is 2.25 bits per heavy atom. The van der Waals surface area contributed by atoms with Gasteiger partial charge in [0, 0.05) is 19.6 Å². The van der Waals surface area contributed by atoms with Crippen LogP contribution in [-0.2, 0) is 9.47 Å². The maximum absolute atomic E-state index is 12.6. The largest absolute Gasteiger partial charge is 0.433 e. The number of rotatable bonds is 3. The van der Waals surface area contributed by atoms with Gasteiger partial charge in [0.05, 0.1) is 24.9 Å². The van der Waals surface area contributed by atoms with Gasteiger partial charge in [0.25, 0.3) is 0 Å². The number of para-hydroxylation sites is 2. The summed E-state index contributed by atoms with van der Waals surface area (Å²) in [6.45, 7) is 0.824. The number of benzene rings is 1. The van der Waals surface area contributed by atoms with Crippen LogP contribution in [0.4, 0.5) is 19.3 Å². The fourth-order valence-corrected chi connectivity index (χ4v) is 3.15. The van der Waals surface area contributed by atoms with Crippen molar-refractivity contribution in [3.05, 3.63) is 24.3 Å². The minimum atomic E-state index is -2.95. The van der Waals surface area contributed by atoms with E-state index in [2.05, 4.69) is 10.1 Å². The minimum absolute atomic E-state index is 0.0685. The van der Waals surface area contributed by atoms with Gasteiger partial charge in [-0.15, -0.1) is 0 Å². The summed E-state index contributed by atoms with van der Waals surface area (Å²) in [7, 11) is 0. The lowest BCUT2D eigenvalue weighted by molar-refractivity contribution is -0.136. The normalized spacial score (nSPS) is 26.8. The van der Waals surface area contributed by atoms with Gasteiger partial charge >= 0.3 is 12.6 Å². The number of ether oxygens (including phenoxy) is 3. The molecule has 2 heterocycles. The highest BCUT2D eigenvalue weighted by atomic mass is 19.3. The minimum Gasteiger partial charge on any atom is -0.433 e. The van der Waals surface area contributed by atoms with Gasteiger partial charge in [0.15, 0.2) is 0 Å². The van der Waals surface area contributed by atoms with Crippen LogP contribution in [0.25, 0.3) is 0 Å². The third-order valence-corrected chi connectivity index (χ3v) is 4.11. The quantitative estimate of drug-likeness (QED) is 0.918. The van der Waals surface area contributed by atoms with E-state index in [1.165, 1.54) is 12.1 Å². The van der Waals surface area contributed by atoms with Gasteiger partial charge in [-0.1, -0.05) is 12.1 Å². The Hall–Kier alpha value is -1.93. The predicted molar refractivity (Wildman–Crippen MR) is 82.4 cm³/mol. The van der Waals surface area contributed by atoms with E-state index < -0.39 is 12.2 Å². The number of nitrogens with zero attached hydrogens (tertiary/aromatic N) is 1. The Labute approximate surface area is 138 Å². The fourth-order valence-electron chi connectivity index (χ4n) is 3.15. The number of urea groups is 1. The molecule has 0 aliphatic carbocycles. The molecule has 0 aromatic heterocycles. The second-order valence-electron chi connectivity index (χ2n) is 6.10. The van der Waals surface area contributed by atoms with Crippen LogP contribution in [0.3, 0.4) is 0 Å². The molecule has 2 aliphatic rings. The molecule has 1 aromatic carbocycles. The average Bonchev–Trinajstić information content (AvgIpc) is 2.95. The smallest absolute Gasteiger partial charge is 0.387 e. The SMILES string of the molecule is C[C@@H]1CN(C(=O)Nc2ccccc2OC(F)F)C[C@@]2(CCOC2)O1. The van der Waals surface area contributed by atoms with Gasteiger partial charge in [-0.05, 0) is 19.1 Å². The first kappa shape index (κ1) is 16.9. The molecule has 1 spiro atoms. The number of hydrogen-bond acceptors (Lipinski definition) is 4. The molecular weight excluding hydrogens is 322 g/mol. The van der Waals surface area contributed by atoms with E-state index in [1.807, 2.05) is 6.92 Å². The zero-order valence-electron chi connectivity index (χ0n) is 13.3. The number of carbonyl (C=O) groups excluding carboxylic acids is 1. The average molecular weight is 342 g/mol. The molecule has 2 saturated heterocycles. The predicted octanol–water partition coefficient (Wildman–Crippen LogP) is 2.70. The summed E-state index contributed by atoms with van der Waals surface area (Å²) < 4.78 is 40.8. The maximum Gasteiger partial charge on any atom is 0.387 e. The van der Waals surface area contributed by atoms with Crippen LogP contribution in [0.5, 0.6) is 5.75 Å². The monoisotopic (exact) mass is 342 g/mol. The summed E-state index contributed by atoms with van der Waals surface area (Å²) in [4.78, 5) is 14.2. The van der Waals surface area contributed by atoms with Crippen molar-refractivity contribution in [3.8, 4) is 5.75 Å². The highest BCUT2D eigenvalue weighted by molar-refractivity contribution is 5.91. The zero-order valence-corrected chi connectivity index (χ0v) is 13.3. The third kappa shape index (κ3) is 3.76. The van der Waals surface area contributed by atoms with Crippen molar-refractivity contribution in [1.29, 1.82) is 0 Å². The molecule has 0 radical (unpaired) electrons. The number of alkyl halides is 2. The number of anilines is 1. The maximum atomic E-state index is 12.6. The molecule has 0 bridgehead atoms. The molecule has 1 aromatic rings. The first-order valence-corrected chi connectivity index (χ1v) is 7.83. The standard InChI is InChI=1S/C16H20F2N2O4/c1-11-8-20(9-16(24-11)6-7-22-10-16)15(21)19-12-4-2-3-5-13(12)23-14(17)18/h2-5,11,14H,6-10H2,1H3,(H,19,21)/t11-,16-/m1/s1. The number of hydrogen-bond donors (Lipinski definition) is 1. The first-order chi connectivity index (χ1) is 11.5. The second-order valence-corrected chi connectivity index (χ2v) is 6.10. The highest BCUT2D eigenvalue weighted by Crippen LogP contribution is 2.31. The molecule has 132 valence electrons. The third-order valence-electron chi connectivity index (χ3n) is 4.11. The van der Waals surface area contributed by atoms with Crippen LogP contribution < -0.4 is 10.1 Å². The zero-order chi connectivity index (χ0) is 17.2. The van der Waals surface area contributed by atoms with Crippen molar-refractivity contribution in [3.63, 3.8) is 0 Å². The van der Waals surface area contributed by atoms with E-state index in [-0.39, 0.29) is 23.6 Å². The van der Waals surface area contributed by atoms with Crippen LogP contribution in [-0.4, -0.2) is 55.6 Å². The van der Waals surface area contributed by atoms with Gasteiger partial charge in [-0.25, -0.2) is 4.79 Å². The van der Waals surface area contributed by atoms with E-state index in [4.69, 9.17) is 9.47 Å². The molecule has 2 aliphatic heterocycles. The first-order valence-electron chi connectivity index (χ1n) is 7.83. The van der Waals surface area contributed by atoms with Crippen LogP contribution in [0, 0.1) is 0 Å². The van der Waals surface area contributed by atoms with E-state index in [0.29, 0.717) is 26.3 Å². The summed E-state index contributed by atoms with van der Waals surface area (Å²) in [6.07, 6.45) is 0.602. The number of carbonyl (C=O) groups is 1. The van der Waals surface area contributed by atoms with E-state index in [0.717, 1.165) is 6.42 Å². The lowest BCUT2D eigenvalue weighted by Gasteiger charge is -2.42. The second kappa shape index (κ2) is 6.90. The lowest BCUT2D eigenvalue weighted by atomic mass is 9.99. The molecule has 2 fully saturated rings. The molecule has 8 heteroatoms. The topological polar surface area (TPSA) is 60.0 Å². The Morgan fingerprint density at radius 1 is 1.46 bits per heavy atom. The lowest BCUT2D eigenvalue weighted by Crippen LogP contribution is -2.57. The van der Waals surface area contributed by atoms with Gasteiger partial charge in [-0.3, -0.25) is 0 Å². The van der Waals surface area contributed by atoms with Crippen molar-refractivity contribution in [2.45, 2.75) is 31.7 Å². The van der Waals surface area contributed by atoms with Crippen LogP contribution in [0.15, 0.2) is 24.3 Å². The Morgan fingerprint density at radius 3 is 2.96 bits per heavy atom. The van der Waals surface area contributed by atoms with E-state index in [1.54, 1.807) is 17.0 Å². The van der Waals surface area contributed by atoms with Crippen LogP contribution in [0.2, 0.25) is 0 Å². The number of halogens is 2. The van der Waals surface area contributed by atoms with E-state index in [9.17, 15) is 13.6 Å². The van der Waals surface area contributed by atoms with Crippen molar-refractivity contribution >= 4 is 11.7 Å². The molecule has 3 rings (SSSR count). The summed E-state index contributed by atoms with van der Waals surface area (Å²) in [5, 5.41) is 2.64. The van der Waals surface area contributed by atoms with Crippen molar-refractivity contribution in [2.75, 3.05) is 31.6 Å². The van der Waals surface area contributed by atoms with Gasteiger partial charge in [0.1, 0.15) is 11.4 Å². The number of nitrogens with one attached hydrogen (secondary N) is 1. The summed E-state index contributed by atoms with van der Waals surface area (Å²) in [5.41, 5.74) is -0.271. The Balaban J connectivity index is 1.70. The summed E-state index contributed by atoms with van der Waals surface area (Å²) in [5.74, 6) is -0.0685. The molecular formula is C16H20F2N2O4. The van der Waals surface area contributed by atoms with Crippen molar-refractivity contribution in [2.24, 2.45) is 0 Å². The van der Waals surface area contributed by atoms with Gasteiger partial charge < -0.3 is 24.4 Å². The van der Waals surface area contributed by atoms with Gasteiger partial charge in [0.2, 0.25) is 0 Å². The molecule has 24 heavy (non-hydrogen) atoms. The molecule has 1 N–H and O–H groups in total. The number of amides is 2. The summed E-state index contributed by atoms with van der Waals surface area (Å²) in [6, 6.07) is 5.74.